The fourth-order valence-corrected chi connectivity index (χ4v) is 3.34. The minimum absolute atomic E-state index is 0.00196. The van der Waals surface area contributed by atoms with Gasteiger partial charge in [0.1, 0.15) is 5.75 Å². The number of hydrogen-bond donors (Lipinski definition) is 3. The molecule has 0 atom stereocenters. The Morgan fingerprint density at radius 3 is 2.29 bits per heavy atom. The summed E-state index contributed by atoms with van der Waals surface area (Å²) in [5.74, 6) is -3.04. The fraction of sp³-hybridized carbons (Fsp3) is 0.0952. The van der Waals surface area contributed by atoms with Crippen LogP contribution in [0, 0.1) is 5.82 Å². The van der Waals surface area contributed by atoms with Crippen LogP contribution in [0.15, 0.2) is 36.4 Å². The zero-order valence-corrected chi connectivity index (χ0v) is 20.1. The molecule has 0 aliphatic rings. The number of hydrogen-bond acceptors (Lipinski definition) is 6. The molecule has 0 amide bonds. The predicted molar refractivity (Wildman–Crippen MR) is 127 cm³/mol. The molecule has 1 aromatic heterocycles. The summed E-state index contributed by atoms with van der Waals surface area (Å²) in [4.78, 5) is 25.1. The Balaban J connectivity index is 0.000000270. The lowest BCUT2D eigenvalue weighted by Gasteiger charge is -2.11. The maximum atomic E-state index is 14.3. The molecule has 4 N–H and O–H groups in total. The SMILES string of the molecule is COc1c(Cl)ccc(-c2cc(N)c(Cl)c(C(=O)O)n2)c1F.O=C(O)COc1ccc(Cl)cc1Cl. The lowest BCUT2D eigenvalue weighted by molar-refractivity contribution is -0.139. The summed E-state index contributed by atoms with van der Waals surface area (Å²) >= 11 is 22.9. The molecule has 0 saturated carbocycles. The Bertz CT molecular complexity index is 1240. The Morgan fingerprint density at radius 1 is 1.06 bits per heavy atom. The highest BCUT2D eigenvalue weighted by atomic mass is 35.5. The number of carboxylic acids is 2. The molecular formula is C21H15Cl4FN2O6. The van der Waals surface area contributed by atoms with Crippen molar-refractivity contribution in [2.45, 2.75) is 0 Å². The molecule has 0 aliphatic heterocycles. The summed E-state index contributed by atoms with van der Waals surface area (Å²) in [6, 6.07) is 8.62. The first-order chi connectivity index (χ1) is 16.0. The van der Waals surface area contributed by atoms with E-state index >= 15 is 0 Å². The summed E-state index contributed by atoms with van der Waals surface area (Å²) in [6.07, 6.45) is 0. The highest BCUT2D eigenvalue weighted by Gasteiger charge is 2.20. The van der Waals surface area contributed by atoms with Crippen molar-refractivity contribution < 1.29 is 33.7 Å². The van der Waals surface area contributed by atoms with Crippen LogP contribution in [0.1, 0.15) is 10.5 Å². The molecule has 34 heavy (non-hydrogen) atoms. The number of rotatable bonds is 6. The minimum atomic E-state index is -1.37. The topological polar surface area (TPSA) is 132 Å². The number of aromatic carboxylic acids is 1. The molecule has 0 unspecified atom stereocenters. The Morgan fingerprint density at radius 2 is 1.74 bits per heavy atom. The van der Waals surface area contributed by atoms with Gasteiger partial charge >= 0.3 is 11.9 Å². The number of methoxy groups -OCH3 is 1. The largest absolute Gasteiger partial charge is 0.492 e. The van der Waals surface area contributed by atoms with Crippen LogP contribution in [0.25, 0.3) is 11.3 Å². The number of nitrogens with zero attached hydrogens (tertiary/aromatic N) is 1. The molecule has 0 radical (unpaired) electrons. The van der Waals surface area contributed by atoms with Crippen molar-refractivity contribution in [1.82, 2.24) is 4.98 Å². The van der Waals surface area contributed by atoms with E-state index in [-0.39, 0.29) is 32.7 Å². The van der Waals surface area contributed by atoms with Crippen molar-refractivity contribution in [3.05, 3.63) is 68.0 Å². The minimum Gasteiger partial charge on any atom is -0.492 e. The molecule has 3 rings (SSSR count). The molecule has 8 nitrogen and oxygen atoms in total. The lowest BCUT2D eigenvalue weighted by atomic mass is 10.1. The number of halogens is 5. The molecule has 2 aromatic carbocycles. The summed E-state index contributed by atoms with van der Waals surface area (Å²) in [5, 5.41) is 18.0. The van der Waals surface area contributed by atoms with Crippen molar-refractivity contribution in [2.75, 3.05) is 19.5 Å². The fourth-order valence-electron chi connectivity index (χ4n) is 2.48. The Labute approximate surface area is 212 Å². The van der Waals surface area contributed by atoms with Gasteiger partial charge in [-0.2, -0.15) is 0 Å². The van der Waals surface area contributed by atoms with Gasteiger partial charge in [0, 0.05) is 10.6 Å². The van der Waals surface area contributed by atoms with E-state index < -0.39 is 30.1 Å². The monoisotopic (exact) mass is 550 g/mol. The van der Waals surface area contributed by atoms with Crippen LogP contribution in [0.5, 0.6) is 11.5 Å². The number of benzene rings is 2. The normalized spacial score (nSPS) is 10.2. The Hall–Kier alpha value is -2.98. The van der Waals surface area contributed by atoms with E-state index in [9.17, 15) is 14.0 Å². The molecule has 0 saturated heterocycles. The van der Waals surface area contributed by atoms with Crippen LogP contribution in [-0.4, -0.2) is 40.9 Å². The summed E-state index contributed by atoms with van der Waals surface area (Å²) in [7, 11) is 1.26. The van der Waals surface area contributed by atoms with E-state index in [1.165, 1.54) is 37.4 Å². The molecule has 180 valence electrons. The third-order valence-corrected chi connectivity index (χ3v) is 5.19. The van der Waals surface area contributed by atoms with Gasteiger partial charge in [-0.1, -0.05) is 46.4 Å². The first kappa shape index (κ1) is 27.3. The first-order valence-corrected chi connectivity index (χ1v) is 10.5. The number of carbonyl (C=O) groups is 2. The summed E-state index contributed by atoms with van der Waals surface area (Å²) in [6.45, 7) is -0.415. The van der Waals surface area contributed by atoms with Gasteiger partial charge in [-0.05, 0) is 36.4 Å². The number of ether oxygens (including phenoxy) is 2. The van der Waals surface area contributed by atoms with Crippen LogP contribution in [0.3, 0.4) is 0 Å². The quantitative estimate of drug-likeness (QED) is 0.343. The van der Waals surface area contributed by atoms with E-state index in [4.69, 9.17) is 71.8 Å². The van der Waals surface area contributed by atoms with Crippen LogP contribution in [0.4, 0.5) is 10.1 Å². The molecule has 0 aliphatic carbocycles. The van der Waals surface area contributed by atoms with Crippen LogP contribution in [0.2, 0.25) is 20.1 Å². The summed E-state index contributed by atoms with van der Waals surface area (Å²) in [5.41, 5.74) is 5.17. The van der Waals surface area contributed by atoms with Crippen LogP contribution in [-0.2, 0) is 4.79 Å². The standard InChI is InChI=1S/C13H9Cl2FN2O3.C8H6Cl2O3/c1-21-12-6(14)3-2-5(10(12)16)8-4-7(17)9(15)11(18-8)13(19)20;9-5-1-2-7(6(10)3-5)13-4-8(11)12/h2-4H,1H3,(H2,17,18)(H,19,20);1-3H,4H2,(H,11,12). The maximum absolute atomic E-state index is 14.3. The zero-order valence-electron chi connectivity index (χ0n) is 17.1. The van der Waals surface area contributed by atoms with E-state index in [2.05, 4.69) is 4.98 Å². The van der Waals surface area contributed by atoms with Crippen LogP contribution < -0.4 is 15.2 Å². The highest BCUT2D eigenvalue weighted by Crippen LogP contribution is 2.36. The van der Waals surface area contributed by atoms with Crippen molar-refractivity contribution in [2.24, 2.45) is 0 Å². The average molecular weight is 552 g/mol. The van der Waals surface area contributed by atoms with Crippen molar-refractivity contribution in [3.8, 4) is 22.8 Å². The number of carboxylic acid groups (broad SMARTS) is 2. The molecule has 0 spiro atoms. The van der Waals surface area contributed by atoms with Crippen LogP contribution >= 0.6 is 46.4 Å². The predicted octanol–water partition coefficient (Wildman–Crippen LogP) is 5.94. The smallest absolute Gasteiger partial charge is 0.356 e. The molecule has 3 aromatic rings. The van der Waals surface area contributed by atoms with Gasteiger partial charge in [0.05, 0.1) is 33.6 Å². The Kier molecular flexibility index (Phi) is 9.57. The molecule has 13 heteroatoms. The molecule has 0 bridgehead atoms. The second-order valence-corrected chi connectivity index (χ2v) is 7.89. The second kappa shape index (κ2) is 11.9. The average Bonchev–Trinajstić information content (AvgIpc) is 2.75. The van der Waals surface area contributed by atoms with Crippen molar-refractivity contribution in [1.29, 1.82) is 0 Å². The van der Waals surface area contributed by atoms with Gasteiger partial charge < -0.3 is 25.4 Å². The number of aromatic nitrogens is 1. The molecular weight excluding hydrogens is 537 g/mol. The highest BCUT2D eigenvalue weighted by molar-refractivity contribution is 6.36. The number of pyridine rings is 1. The van der Waals surface area contributed by atoms with E-state index in [1.54, 1.807) is 6.07 Å². The van der Waals surface area contributed by atoms with Gasteiger partial charge in [-0.15, -0.1) is 0 Å². The lowest BCUT2D eigenvalue weighted by Crippen LogP contribution is -2.09. The zero-order chi connectivity index (χ0) is 25.6. The van der Waals surface area contributed by atoms with Gasteiger partial charge in [0.2, 0.25) is 0 Å². The van der Waals surface area contributed by atoms with Gasteiger partial charge in [-0.3, -0.25) is 0 Å². The third-order valence-electron chi connectivity index (χ3n) is 3.96. The number of anilines is 1. The molecule has 1 heterocycles. The van der Waals surface area contributed by atoms with Crippen molar-refractivity contribution >= 4 is 64.0 Å². The summed E-state index contributed by atoms with van der Waals surface area (Å²) < 4.78 is 24.0. The molecule has 0 fully saturated rings. The van der Waals surface area contributed by atoms with E-state index in [1.807, 2.05) is 0 Å². The van der Waals surface area contributed by atoms with Gasteiger partial charge in [0.25, 0.3) is 0 Å². The third kappa shape index (κ3) is 6.77. The van der Waals surface area contributed by atoms with Gasteiger partial charge in [-0.25, -0.2) is 19.0 Å². The van der Waals surface area contributed by atoms with E-state index in [0.717, 1.165) is 0 Å². The van der Waals surface area contributed by atoms with Crippen molar-refractivity contribution in [3.63, 3.8) is 0 Å². The first-order valence-electron chi connectivity index (χ1n) is 8.97. The number of nitrogen functional groups attached to an aromatic ring is 1. The number of nitrogens with two attached hydrogens (primary N) is 1. The van der Waals surface area contributed by atoms with Gasteiger partial charge in [0.15, 0.2) is 23.9 Å². The van der Waals surface area contributed by atoms with E-state index in [0.29, 0.717) is 15.8 Å². The number of aliphatic carboxylic acids is 1. The maximum Gasteiger partial charge on any atom is 0.356 e. The second-order valence-electron chi connectivity index (χ2n) is 6.26.